The summed E-state index contributed by atoms with van der Waals surface area (Å²) in [4.78, 5) is 58.4. The van der Waals surface area contributed by atoms with E-state index in [1.807, 2.05) is 36.7 Å². The van der Waals surface area contributed by atoms with E-state index in [4.69, 9.17) is 5.11 Å². The van der Waals surface area contributed by atoms with Gasteiger partial charge in [0.15, 0.2) is 0 Å². The van der Waals surface area contributed by atoms with E-state index in [-0.39, 0.29) is 50.2 Å². The fourth-order valence-electron chi connectivity index (χ4n) is 4.77. The highest BCUT2D eigenvalue weighted by molar-refractivity contribution is 7.13. The monoisotopic (exact) mass is 587 g/mol. The van der Waals surface area contributed by atoms with Crippen molar-refractivity contribution in [3.63, 3.8) is 0 Å². The molecular formula is C29H41N5O6S. The first kappa shape index (κ1) is 32.2. The number of aliphatic hydroxyl groups is 1. The summed E-state index contributed by atoms with van der Waals surface area (Å²) >= 11 is 1.60. The van der Waals surface area contributed by atoms with Crippen LogP contribution in [-0.2, 0) is 25.6 Å². The molecule has 0 unspecified atom stereocenters. The Hall–Kier alpha value is -3.35. The molecule has 3 amide bonds. The summed E-state index contributed by atoms with van der Waals surface area (Å²) in [5.74, 6) is -1.94. The number of carboxylic acid groups (broad SMARTS) is 1. The highest BCUT2D eigenvalue weighted by atomic mass is 32.1. The molecule has 1 aliphatic heterocycles. The van der Waals surface area contributed by atoms with Crippen LogP contribution < -0.4 is 10.6 Å². The molecule has 1 aliphatic rings. The van der Waals surface area contributed by atoms with Crippen LogP contribution in [0.25, 0.3) is 10.4 Å². The molecule has 4 N–H and O–H groups in total. The second kappa shape index (κ2) is 14.0. The number of aliphatic hydroxyl groups excluding tert-OH is 1. The third-order valence-electron chi connectivity index (χ3n) is 7.65. The highest BCUT2D eigenvalue weighted by Crippen LogP contribution is 2.30. The van der Waals surface area contributed by atoms with Crippen LogP contribution in [-0.4, -0.2) is 100 Å². The molecule has 1 fully saturated rings. The van der Waals surface area contributed by atoms with E-state index in [0.29, 0.717) is 13.0 Å². The fraction of sp³-hybridized carbons (Fsp3) is 0.552. The number of aliphatic carboxylic acids is 1. The Bertz CT molecular complexity index is 1230. The van der Waals surface area contributed by atoms with Gasteiger partial charge in [-0.25, -0.2) is 4.98 Å². The van der Waals surface area contributed by atoms with Gasteiger partial charge in [0.1, 0.15) is 6.04 Å². The van der Waals surface area contributed by atoms with Crippen molar-refractivity contribution < 1.29 is 29.4 Å². The summed E-state index contributed by atoms with van der Waals surface area (Å²) in [5, 5.41) is 24.9. The molecule has 2 aromatic rings. The van der Waals surface area contributed by atoms with Crippen molar-refractivity contribution in [3.8, 4) is 10.4 Å². The van der Waals surface area contributed by atoms with Gasteiger partial charge in [0, 0.05) is 32.1 Å². The summed E-state index contributed by atoms with van der Waals surface area (Å²) in [6.07, 6.45) is -0.136. The van der Waals surface area contributed by atoms with Gasteiger partial charge in [-0.2, -0.15) is 0 Å². The summed E-state index contributed by atoms with van der Waals surface area (Å²) in [6.45, 7) is 7.73. The van der Waals surface area contributed by atoms with Crippen LogP contribution >= 0.6 is 11.3 Å². The molecule has 224 valence electrons. The van der Waals surface area contributed by atoms with E-state index in [0.717, 1.165) is 21.7 Å². The number of likely N-dealkylation sites (N-methyl/N-ethyl adjacent to an activating group) is 1. The number of carbonyl (C=O) groups is 4. The van der Waals surface area contributed by atoms with E-state index < -0.39 is 29.6 Å². The van der Waals surface area contributed by atoms with E-state index in [9.17, 15) is 24.3 Å². The number of amides is 3. The minimum atomic E-state index is -1.06. The van der Waals surface area contributed by atoms with Gasteiger partial charge in [0.25, 0.3) is 0 Å². The molecule has 0 spiro atoms. The van der Waals surface area contributed by atoms with E-state index in [1.54, 1.807) is 44.1 Å². The van der Waals surface area contributed by atoms with Crippen molar-refractivity contribution in [3.05, 3.63) is 41.0 Å². The summed E-state index contributed by atoms with van der Waals surface area (Å²) in [6, 6.07) is 6.76. The molecule has 11 nitrogen and oxygen atoms in total. The van der Waals surface area contributed by atoms with Crippen molar-refractivity contribution in [2.75, 3.05) is 33.2 Å². The van der Waals surface area contributed by atoms with Crippen molar-refractivity contribution in [1.29, 1.82) is 0 Å². The SMILES string of the molecule is Cc1ncsc1-c1ccc(CCNC(=O)[C@@H]2C[C@@H](O)CN2C(=O)C(C)(C)[C@H](C)NC(=O)CN(C)CCC(=O)O)cc1. The zero-order chi connectivity index (χ0) is 30.3. The molecule has 1 aromatic carbocycles. The zero-order valence-corrected chi connectivity index (χ0v) is 25.2. The highest BCUT2D eigenvalue weighted by Gasteiger charge is 2.46. The normalized spacial score (nSPS) is 17.9. The van der Waals surface area contributed by atoms with Crippen LogP contribution in [0.3, 0.4) is 0 Å². The Balaban J connectivity index is 1.54. The molecule has 0 saturated carbocycles. The lowest BCUT2D eigenvalue weighted by molar-refractivity contribution is -0.147. The Morgan fingerprint density at radius 2 is 1.90 bits per heavy atom. The van der Waals surface area contributed by atoms with Crippen LogP contribution in [0.15, 0.2) is 29.8 Å². The van der Waals surface area contributed by atoms with E-state index >= 15 is 0 Å². The maximum atomic E-state index is 13.6. The Labute approximate surface area is 244 Å². The Morgan fingerprint density at radius 1 is 1.22 bits per heavy atom. The summed E-state index contributed by atoms with van der Waals surface area (Å²) < 4.78 is 0. The maximum absolute atomic E-state index is 13.6. The van der Waals surface area contributed by atoms with Gasteiger partial charge in [-0.3, -0.25) is 24.1 Å². The smallest absolute Gasteiger partial charge is 0.304 e. The van der Waals surface area contributed by atoms with Gasteiger partial charge in [0.05, 0.1) is 40.6 Å². The topological polar surface area (TPSA) is 152 Å². The number of nitrogens with zero attached hydrogens (tertiary/aromatic N) is 3. The maximum Gasteiger partial charge on any atom is 0.304 e. The van der Waals surface area contributed by atoms with Gasteiger partial charge in [0.2, 0.25) is 17.7 Å². The standard InChI is InChI=1S/C29H41N5O6S/c1-18-26(41-17-31-18)21-8-6-20(7-9-21)10-12-30-27(39)23-14-22(35)15-34(23)28(40)29(3,4)19(2)32-24(36)16-33(5)13-11-25(37)38/h6-9,17,19,22-23,35H,10-16H2,1-5H3,(H,30,39)(H,32,36)(H,37,38)/t19-,22+,23-/m0/s1. The second-order valence-electron chi connectivity index (χ2n) is 11.3. The number of thiazole rings is 1. The van der Waals surface area contributed by atoms with Crippen molar-refractivity contribution in [1.82, 2.24) is 25.4 Å². The molecule has 41 heavy (non-hydrogen) atoms. The summed E-state index contributed by atoms with van der Waals surface area (Å²) in [7, 11) is 1.65. The number of β-amino-alcohol motifs (C(OH)–C–C–N with tert-alkyl or cyclic N) is 1. The molecule has 1 saturated heterocycles. The third-order valence-corrected chi connectivity index (χ3v) is 8.63. The number of carboxylic acids is 1. The number of hydrogen-bond donors (Lipinski definition) is 4. The number of benzene rings is 1. The quantitative estimate of drug-likeness (QED) is 0.276. The first-order valence-electron chi connectivity index (χ1n) is 13.8. The lowest BCUT2D eigenvalue weighted by atomic mass is 9.83. The molecule has 12 heteroatoms. The third kappa shape index (κ3) is 8.57. The van der Waals surface area contributed by atoms with E-state index in [1.165, 1.54) is 4.90 Å². The van der Waals surface area contributed by atoms with Crippen LogP contribution in [0.1, 0.15) is 44.9 Å². The summed E-state index contributed by atoms with van der Waals surface area (Å²) in [5.41, 5.74) is 3.93. The predicted molar refractivity (Wildman–Crippen MR) is 156 cm³/mol. The first-order valence-corrected chi connectivity index (χ1v) is 14.6. The lowest BCUT2D eigenvalue weighted by Gasteiger charge is -2.36. The lowest BCUT2D eigenvalue weighted by Crippen LogP contribution is -2.56. The number of likely N-dealkylation sites (tertiary alicyclic amines) is 1. The van der Waals surface area contributed by atoms with E-state index in [2.05, 4.69) is 15.6 Å². The zero-order valence-electron chi connectivity index (χ0n) is 24.3. The van der Waals surface area contributed by atoms with Gasteiger partial charge in [-0.05, 0) is 52.3 Å². The Morgan fingerprint density at radius 3 is 2.51 bits per heavy atom. The predicted octanol–water partition coefficient (Wildman–Crippen LogP) is 1.68. The number of rotatable bonds is 13. The molecule has 3 atom stereocenters. The molecular weight excluding hydrogens is 546 g/mol. The Kier molecular flexibility index (Phi) is 11.0. The fourth-order valence-corrected chi connectivity index (χ4v) is 5.58. The van der Waals surface area contributed by atoms with Crippen LogP contribution in [0.5, 0.6) is 0 Å². The second-order valence-corrected chi connectivity index (χ2v) is 12.1. The van der Waals surface area contributed by atoms with Crippen molar-refractivity contribution >= 4 is 35.0 Å². The molecule has 1 aromatic heterocycles. The number of hydrogen-bond acceptors (Lipinski definition) is 8. The molecule has 2 heterocycles. The number of aryl methyl sites for hydroxylation is 1. The molecule has 0 radical (unpaired) electrons. The number of aromatic nitrogens is 1. The van der Waals surface area contributed by atoms with Crippen molar-refractivity contribution in [2.24, 2.45) is 5.41 Å². The van der Waals surface area contributed by atoms with Gasteiger partial charge in [-0.1, -0.05) is 24.3 Å². The van der Waals surface area contributed by atoms with Gasteiger partial charge in [-0.15, -0.1) is 11.3 Å². The number of nitrogens with one attached hydrogen (secondary N) is 2. The molecule has 0 aliphatic carbocycles. The minimum Gasteiger partial charge on any atom is -0.481 e. The molecule has 3 rings (SSSR count). The largest absolute Gasteiger partial charge is 0.481 e. The minimum absolute atomic E-state index is 0.0110. The first-order chi connectivity index (χ1) is 19.3. The van der Waals surface area contributed by atoms with Crippen molar-refractivity contribution in [2.45, 2.75) is 65.1 Å². The molecule has 0 bridgehead atoms. The van der Waals surface area contributed by atoms with Crippen LogP contribution in [0, 0.1) is 12.3 Å². The van der Waals surface area contributed by atoms with Crippen LogP contribution in [0.4, 0.5) is 0 Å². The van der Waals surface area contributed by atoms with Gasteiger partial charge < -0.3 is 25.7 Å². The van der Waals surface area contributed by atoms with Crippen LogP contribution in [0.2, 0.25) is 0 Å². The average Bonchev–Trinajstić information content (AvgIpc) is 3.52. The number of carbonyl (C=O) groups excluding carboxylic acids is 3. The average molecular weight is 588 g/mol. The van der Waals surface area contributed by atoms with Gasteiger partial charge >= 0.3 is 5.97 Å².